The van der Waals surface area contributed by atoms with Gasteiger partial charge in [0.25, 0.3) is 0 Å². The molecule has 3 atom stereocenters. The molecule has 1 heterocycles. The number of carbonyl (C=O) groups excluding carboxylic acids is 1. The fourth-order valence-corrected chi connectivity index (χ4v) is 3.09. The van der Waals surface area contributed by atoms with Crippen molar-refractivity contribution in [3.8, 4) is 0 Å². The van der Waals surface area contributed by atoms with E-state index in [4.69, 9.17) is 17.3 Å². The molecule has 3 unspecified atom stereocenters. The summed E-state index contributed by atoms with van der Waals surface area (Å²) in [6, 6.07) is 7.55. The van der Waals surface area contributed by atoms with E-state index in [0.717, 1.165) is 43.1 Å². The number of nitrogens with zero attached hydrogens (tertiary/aromatic N) is 1. The van der Waals surface area contributed by atoms with Gasteiger partial charge in [0.05, 0.1) is 16.8 Å². The Labute approximate surface area is 150 Å². The van der Waals surface area contributed by atoms with E-state index in [0.29, 0.717) is 0 Å². The van der Waals surface area contributed by atoms with E-state index < -0.39 is 6.04 Å². The van der Waals surface area contributed by atoms with Crippen LogP contribution in [0.3, 0.4) is 0 Å². The third kappa shape index (κ3) is 5.27. The number of halogens is 2. The summed E-state index contributed by atoms with van der Waals surface area (Å²) in [5.74, 6) is 0.156. The van der Waals surface area contributed by atoms with Gasteiger partial charge >= 0.3 is 0 Å². The average molecular weight is 360 g/mol. The Morgan fingerprint density at radius 3 is 2.83 bits per heavy atom. The fraction of sp³-hybridized carbons (Fsp3) is 0.588. The lowest BCUT2D eigenvalue weighted by Gasteiger charge is -2.36. The highest BCUT2D eigenvalue weighted by atomic mass is 35.5. The maximum absolute atomic E-state index is 12.2. The van der Waals surface area contributed by atoms with Crippen LogP contribution in [0, 0.1) is 5.92 Å². The van der Waals surface area contributed by atoms with E-state index in [1.807, 2.05) is 31.2 Å². The molecule has 6 heteroatoms. The van der Waals surface area contributed by atoms with Crippen molar-refractivity contribution in [3.05, 3.63) is 29.3 Å². The van der Waals surface area contributed by atoms with Crippen LogP contribution in [0.4, 0.5) is 5.69 Å². The van der Waals surface area contributed by atoms with Gasteiger partial charge in [-0.15, -0.1) is 12.4 Å². The molecule has 1 saturated heterocycles. The summed E-state index contributed by atoms with van der Waals surface area (Å²) in [7, 11) is 0. The molecule has 1 amide bonds. The van der Waals surface area contributed by atoms with Crippen molar-refractivity contribution in [3.63, 3.8) is 0 Å². The predicted molar refractivity (Wildman–Crippen MR) is 99.5 cm³/mol. The number of nitrogens with two attached hydrogens (primary N) is 1. The van der Waals surface area contributed by atoms with Gasteiger partial charge in [0.2, 0.25) is 5.91 Å². The molecule has 2 rings (SSSR count). The highest BCUT2D eigenvalue weighted by Crippen LogP contribution is 2.27. The summed E-state index contributed by atoms with van der Waals surface area (Å²) < 4.78 is 0. The Bertz CT molecular complexity index is 512. The first-order chi connectivity index (χ1) is 10.5. The SMILES string of the molecule is CCC(C)C(N)C(=O)NC1CCCN(c2ccccc2Cl)C1.Cl. The maximum Gasteiger partial charge on any atom is 0.237 e. The van der Waals surface area contributed by atoms with Crippen molar-refractivity contribution in [2.75, 3.05) is 18.0 Å². The minimum atomic E-state index is -0.430. The minimum absolute atomic E-state index is 0. The third-order valence-electron chi connectivity index (χ3n) is 4.52. The molecule has 1 aromatic rings. The monoisotopic (exact) mass is 359 g/mol. The molecule has 0 spiro atoms. The van der Waals surface area contributed by atoms with Crippen LogP contribution >= 0.6 is 24.0 Å². The lowest BCUT2D eigenvalue weighted by Crippen LogP contribution is -2.53. The van der Waals surface area contributed by atoms with Crippen LogP contribution in [0.1, 0.15) is 33.1 Å². The van der Waals surface area contributed by atoms with E-state index in [1.165, 1.54) is 0 Å². The number of carbonyl (C=O) groups is 1. The van der Waals surface area contributed by atoms with E-state index in [1.54, 1.807) is 0 Å². The summed E-state index contributed by atoms with van der Waals surface area (Å²) in [6.45, 7) is 5.81. The third-order valence-corrected chi connectivity index (χ3v) is 4.84. The first-order valence-corrected chi connectivity index (χ1v) is 8.46. The van der Waals surface area contributed by atoms with Gasteiger partial charge in [0.15, 0.2) is 0 Å². The van der Waals surface area contributed by atoms with Crippen molar-refractivity contribution >= 4 is 35.6 Å². The second-order valence-corrected chi connectivity index (χ2v) is 6.56. The highest BCUT2D eigenvalue weighted by molar-refractivity contribution is 6.33. The Balaban J connectivity index is 0.00000264. The Hall–Kier alpha value is -0.970. The summed E-state index contributed by atoms with van der Waals surface area (Å²) >= 11 is 6.27. The Morgan fingerprint density at radius 2 is 2.17 bits per heavy atom. The number of rotatable bonds is 5. The Morgan fingerprint density at radius 1 is 1.48 bits per heavy atom. The second kappa shape index (κ2) is 9.36. The topological polar surface area (TPSA) is 58.4 Å². The zero-order valence-electron chi connectivity index (χ0n) is 13.8. The van der Waals surface area contributed by atoms with Gasteiger partial charge in [-0.05, 0) is 30.9 Å². The maximum atomic E-state index is 12.2. The molecule has 0 radical (unpaired) electrons. The van der Waals surface area contributed by atoms with Crippen LogP contribution in [0.15, 0.2) is 24.3 Å². The number of anilines is 1. The molecule has 23 heavy (non-hydrogen) atoms. The average Bonchev–Trinajstić information content (AvgIpc) is 2.54. The number of benzene rings is 1. The number of piperidine rings is 1. The van der Waals surface area contributed by atoms with Gasteiger partial charge < -0.3 is 16.0 Å². The molecule has 1 aromatic carbocycles. The molecule has 0 bridgehead atoms. The molecule has 0 aromatic heterocycles. The number of amides is 1. The van der Waals surface area contributed by atoms with Crippen molar-refractivity contribution in [1.82, 2.24) is 5.32 Å². The molecule has 0 aliphatic carbocycles. The van der Waals surface area contributed by atoms with Gasteiger partial charge in [0, 0.05) is 19.1 Å². The quantitative estimate of drug-likeness (QED) is 0.848. The summed E-state index contributed by atoms with van der Waals surface area (Å²) in [5.41, 5.74) is 7.05. The molecule has 3 N–H and O–H groups in total. The van der Waals surface area contributed by atoms with Crippen LogP contribution in [0.25, 0.3) is 0 Å². The zero-order chi connectivity index (χ0) is 16.1. The van der Waals surface area contributed by atoms with Gasteiger partial charge in [0.1, 0.15) is 0 Å². The second-order valence-electron chi connectivity index (χ2n) is 6.16. The number of para-hydroxylation sites is 1. The molecule has 0 saturated carbocycles. The largest absolute Gasteiger partial charge is 0.368 e. The summed E-state index contributed by atoms with van der Waals surface area (Å²) in [4.78, 5) is 14.5. The van der Waals surface area contributed by atoms with Crippen molar-refractivity contribution in [2.24, 2.45) is 11.7 Å². The molecule has 4 nitrogen and oxygen atoms in total. The van der Waals surface area contributed by atoms with E-state index >= 15 is 0 Å². The minimum Gasteiger partial charge on any atom is -0.368 e. The Kier molecular flexibility index (Phi) is 8.17. The normalized spacial score (nSPS) is 20.3. The fourth-order valence-electron chi connectivity index (χ4n) is 2.83. The molecule has 1 fully saturated rings. The highest BCUT2D eigenvalue weighted by Gasteiger charge is 2.26. The van der Waals surface area contributed by atoms with Crippen LogP contribution in [-0.4, -0.2) is 31.1 Å². The van der Waals surface area contributed by atoms with Gasteiger partial charge in [-0.3, -0.25) is 4.79 Å². The molecule has 130 valence electrons. The van der Waals surface area contributed by atoms with Crippen LogP contribution in [0.2, 0.25) is 5.02 Å². The van der Waals surface area contributed by atoms with Crippen molar-refractivity contribution < 1.29 is 4.79 Å². The van der Waals surface area contributed by atoms with E-state index in [-0.39, 0.29) is 30.3 Å². The van der Waals surface area contributed by atoms with Gasteiger partial charge in [-0.25, -0.2) is 0 Å². The lowest BCUT2D eigenvalue weighted by atomic mass is 9.98. The smallest absolute Gasteiger partial charge is 0.237 e. The number of hydrogen-bond acceptors (Lipinski definition) is 3. The molecule has 1 aliphatic rings. The number of nitrogens with one attached hydrogen (secondary N) is 1. The summed E-state index contributed by atoms with van der Waals surface area (Å²) in [5, 5.41) is 3.86. The van der Waals surface area contributed by atoms with Crippen LogP contribution < -0.4 is 16.0 Å². The first kappa shape index (κ1) is 20.1. The molecule has 1 aliphatic heterocycles. The number of hydrogen-bond donors (Lipinski definition) is 2. The van der Waals surface area contributed by atoms with Crippen molar-refractivity contribution in [2.45, 2.75) is 45.2 Å². The van der Waals surface area contributed by atoms with Crippen LogP contribution in [-0.2, 0) is 4.79 Å². The zero-order valence-corrected chi connectivity index (χ0v) is 15.4. The van der Waals surface area contributed by atoms with Gasteiger partial charge in [-0.2, -0.15) is 0 Å². The standard InChI is InChI=1S/C17H26ClN3O.ClH/c1-3-12(2)16(19)17(22)20-13-7-6-10-21(11-13)15-9-5-4-8-14(15)18;/h4-5,8-9,12-13,16H,3,6-7,10-11,19H2,1-2H3,(H,20,22);1H. The van der Waals surface area contributed by atoms with Gasteiger partial charge in [-0.1, -0.05) is 44.0 Å². The summed E-state index contributed by atoms with van der Waals surface area (Å²) in [6.07, 6.45) is 2.93. The van der Waals surface area contributed by atoms with Crippen molar-refractivity contribution in [1.29, 1.82) is 0 Å². The van der Waals surface area contributed by atoms with E-state index in [2.05, 4.69) is 17.1 Å². The first-order valence-electron chi connectivity index (χ1n) is 8.08. The molecular formula is C17H27Cl2N3O. The van der Waals surface area contributed by atoms with Crippen LogP contribution in [0.5, 0.6) is 0 Å². The lowest BCUT2D eigenvalue weighted by molar-refractivity contribution is -0.124. The van der Waals surface area contributed by atoms with E-state index in [9.17, 15) is 4.79 Å². The predicted octanol–water partition coefficient (Wildman–Crippen LogP) is 3.22. The molecular weight excluding hydrogens is 333 g/mol.